The summed E-state index contributed by atoms with van der Waals surface area (Å²) in [4.78, 5) is 5.65. The summed E-state index contributed by atoms with van der Waals surface area (Å²) in [6, 6.07) is 8.46. The molecule has 0 spiro atoms. The van der Waals surface area contributed by atoms with Crippen LogP contribution in [0.15, 0.2) is 29.8 Å². The van der Waals surface area contributed by atoms with Gasteiger partial charge in [-0.2, -0.15) is 0 Å². The smallest absolute Gasteiger partial charge is 0.0797 e. The molecule has 1 aromatic carbocycles. The van der Waals surface area contributed by atoms with Crippen LogP contribution in [0.25, 0.3) is 0 Å². The SMILES string of the molecule is CCOCc1ccccc1CNCCc1scnc1C. The highest BCUT2D eigenvalue weighted by Crippen LogP contribution is 2.13. The number of aromatic nitrogens is 1. The second-order valence-electron chi connectivity index (χ2n) is 4.69. The molecule has 0 amide bonds. The number of hydrogen-bond acceptors (Lipinski definition) is 4. The van der Waals surface area contributed by atoms with E-state index < -0.39 is 0 Å². The van der Waals surface area contributed by atoms with Crippen molar-refractivity contribution in [1.82, 2.24) is 10.3 Å². The van der Waals surface area contributed by atoms with Crippen LogP contribution in [0.2, 0.25) is 0 Å². The minimum absolute atomic E-state index is 0.697. The maximum atomic E-state index is 5.51. The summed E-state index contributed by atoms with van der Waals surface area (Å²) in [5, 5.41) is 3.51. The van der Waals surface area contributed by atoms with Crippen LogP contribution in [0.1, 0.15) is 28.6 Å². The molecule has 0 fully saturated rings. The van der Waals surface area contributed by atoms with Crippen LogP contribution in [0.4, 0.5) is 0 Å². The van der Waals surface area contributed by atoms with Gasteiger partial charge in [0.05, 0.1) is 17.8 Å². The van der Waals surface area contributed by atoms with E-state index in [1.807, 2.05) is 12.4 Å². The van der Waals surface area contributed by atoms with Crippen molar-refractivity contribution < 1.29 is 4.74 Å². The molecular formula is C16H22N2OS. The van der Waals surface area contributed by atoms with Crippen LogP contribution in [-0.4, -0.2) is 18.1 Å². The minimum atomic E-state index is 0.697. The van der Waals surface area contributed by atoms with E-state index in [0.29, 0.717) is 6.61 Å². The minimum Gasteiger partial charge on any atom is -0.377 e. The van der Waals surface area contributed by atoms with Gasteiger partial charge in [-0.05, 0) is 31.4 Å². The molecule has 0 aliphatic carbocycles. The largest absolute Gasteiger partial charge is 0.377 e. The zero-order valence-electron chi connectivity index (χ0n) is 12.2. The van der Waals surface area contributed by atoms with Gasteiger partial charge in [-0.25, -0.2) is 4.98 Å². The van der Waals surface area contributed by atoms with Gasteiger partial charge in [-0.3, -0.25) is 0 Å². The monoisotopic (exact) mass is 290 g/mol. The van der Waals surface area contributed by atoms with Crippen molar-refractivity contribution in [1.29, 1.82) is 0 Å². The second kappa shape index (κ2) is 8.15. The van der Waals surface area contributed by atoms with E-state index in [2.05, 4.69) is 41.5 Å². The van der Waals surface area contributed by atoms with Crippen molar-refractivity contribution in [2.24, 2.45) is 0 Å². The Kier molecular flexibility index (Phi) is 6.18. The van der Waals surface area contributed by atoms with E-state index in [4.69, 9.17) is 4.74 Å². The van der Waals surface area contributed by atoms with E-state index in [0.717, 1.165) is 31.8 Å². The molecule has 0 saturated heterocycles. The third-order valence-electron chi connectivity index (χ3n) is 3.27. The maximum absolute atomic E-state index is 5.51. The Labute approximate surface area is 125 Å². The van der Waals surface area contributed by atoms with Gasteiger partial charge in [-0.1, -0.05) is 24.3 Å². The molecule has 0 aliphatic heterocycles. The highest BCUT2D eigenvalue weighted by molar-refractivity contribution is 7.09. The number of rotatable bonds is 8. The number of nitrogens with zero attached hydrogens (tertiary/aromatic N) is 1. The molecule has 20 heavy (non-hydrogen) atoms. The summed E-state index contributed by atoms with van der Waals surface area (Å²) in [5.41, 5.74) is 5.67. The molecule has 0 unspecified atom stereocenters. The highest BCUT2D eigenvalue weighted by atomic mass is 32.1. The Balaban J connectivity index is 1.80. The fourth-order valence-corrected chi connectivity index (χ4v) is 2.86. The van der Waals surface area contributed by atoms with Crippen molar-refractivity contribution in [2.45, 2.75) is 33.4 Å². The lowest BCUT2D eigenvalue weighted by atomic mass is 10.1. The van der Waals surface area contributed by atoms with Gasteiger partial charge in [0.15, 0.2) is 0 Å². The number of ether oxygens (including phenoxy) is 1. The number of hydrogen-bond donors (Lipinski definition) is 1. The summed E-state index contributed by atoms with van der Waals surface area (Å²) in [6.45, 7) is 7.42. The maximum Gasteiger partial charge on any atom is 0.0797 e. The molecule has 1 heterocycles. The summed E-state index contributed by atoms with van der Waals surface area (Å²) >= 11 is 1.74. The van der Waals surface area contributed by atoms with E-state index in [1.165, 1.54) is 16.0 Å². The first-order chi connectivity index (χ1) is 9.81. The van der Waals surface area contributed by atoms with Crippen molar-refractivity contribution in [3.8, 4) is 0 Å². The van der Waals surface area contributed by atoms with Crippen molar-refractivity contribution in [3.05, 3.63) is 51.5 Å². The lowest BCUT2D eigenvalue weighted by Gasteiger charge is -2.10. The van der Waals surface area contributed by atoms with Gasteiger partial charge in [0.1, 0.15) is 0 Å². The molecule has 2 rings (SSSR count). The molecule has 3 nitrogen and oxygen atoms in total. The Hall–Kier alpha value is -1.23. The summed E-state index contributed by atoms with van der Waals surface area (Å²) in [6.07, 6.45) is 1.05. The molecule has 0 atom stereocenters. The molecule has 0 radical (unpaired) electrons. The average molecular weight is 290 g/mol. The number of benzene rings is 1. The Bertz CT molecular complexity index is 525. The molecule has 1 aromatic heterocycles. The summed E-state index contributed by atoms with van der Waals surface area (Å²) in [7, 11) is 0. The quantitative estimate of drug-likeness (QED) is 0.757. The first kappa shape index (κ1) is 15.2. The molecule has 0 bridgehead atoms. The Morgan fingerprint density at radius 1 is 1.25 bits per heavy atom. The van der Waals surface area contributed by atoms with Gasteiger partial charge < -0.3 is 10.1 Å². The zero-order valence-corrected chi connectivity index (χ0v) is 13.0. The Morgan fingerprint density at radius 2 is 2.05 bits per heavy atom. The molecular weight excluding hydrogens is 268 g/mol. The Morgan fingerprint density at radius 3 is 2.75 bits per heavy atom. The van der Waals surface area contributed by atoms with Gasteiger partial charge >= 0.3 is 0 Å². The molecule has 1 N–H and O–H groups in total. The van der Waals surface area contributed by atoms with E-state index in [1.54, 1.807) is 11.3 Å². The van der Waals surface area contributed by atoms with Gasteiger partial charge in [-0.15, -0.1) is 11.3 Å². The van der Waals surface area contributed by atoms with Crippen LogP contribution < -0.4 is 5.32 Å². The third-order valence-corrected chi connectivity index (χ3v) is 4.26. The lowest BCUT2D eigenvalue weighted by Crippen LogP contribution is -2.17. The van der Waals surface area contributed by atoms with Gasteiger partial charge in [0.2, 0.25) is 0 Å². The van der Waals surface area contributed by atoms with Crippen LogP contribution in [-0.2, 0) is 24.3 Å². The molecule has 0 aliphatic rings. The fourth-order valence-electron chi connectivity index (χ4n) is 2.07. The summed E-state index contributed by atoms with van der Waals surface area (Å²) in [5.74, 6) is 0. The van der Waals surface area contributed by atoms with Gasteiger partial charge in [0.25, 0.3) is 0 Å². The van der Waals surface area contributed by atoms with Crippen molar-refractivity contribution >= 4 is 11.3 Å². The first-order valence-electron chi connectivity index (χ1n) is 7.05. The predicted molar refractivity (Wildman–Crippen MR) is 84.0 cm³/mol. The molecule has 4 heteroatoms. The van der Waals surface area contributed by atoms with Crippen LogP contribution in [0.3, 0.4) is 0 Å². The van der Waals surface area contributed by atoms with Crippen molar-refractivity contribution in [3.63, 3.8) is 0 Å². The van der Waals surface area contributed by atoms with Crippen LogP contribution in [0, 0.1) is 6.92 Å². The standard InChI is InChI=1S/C16H22N2OS/c1-3-19-11-15-7-5-4-6-14(15)10-17-9-8-16-13(2)18-12-20-16/h4-7,12,17H,3,8-11H2,1-2H3. The lowest BCUT2D eigenvalue weighted by molar-refractivity contribution is 0.133. The summed E-state index contributed by atoms with van der Waals surface area (Å²) < 4.78 is 5.51. The molecule has 0 saturated carbocycles. The predicted octanol–water partition coefficient (Wildman–Crippen LogP) is 3.32. The number of nitrogens with one attached hydrogen (secondary N) is 1. The molecule has 2 aromatic rings. The number of aryl methyl sites for hydroxylation is 1. The zero-order chi connectivity index (χ0) is 14.2. The highest BCUT2D eigenvalue weighted by Gasteiger charge is 2.03. The van der Waals surface area contributed by atoms with Crippen LogP contribution in [0.5, 0.6) is 0 Å². The van der Waals surface area contributed by atoms with E-state index in [9.17, 15) is 0 Å². The van der Waals surface area contributed by atoms with Gasteiger partial charge in [0, 0.05) is 24.6 Å². The van der Waals surface area contributed by atoms with Crippen molar-refractivity contribution in [2.75, 3.05) is 13.2 Å². The average Bonchev–Trinajstić information content (AvgIpc) is 2.88. The van der Waals surface area contributed by atoms with E-state index >= 15 is 0 Å². The van der Waals surface area contributed by atoms with Crippen LogP contribution >= 0.6 is 11.3 Å². The van der Waals surface area contributed by atoms with E-state index in [-0.39, 0.29) is 0 Å². The topological polar surface area (TPSA) is 34.1 Å². The normalized spacial score (nSPS) is 10.9. The second-order valence-corrected chi connectivity index (χ2v) is 5.63. The molecule has 108 valence electrons. The third kappa shape index (κ3) is 4.40. The first-order valence-corrected chi connectivity index (χ1v) is 7.93. The number of thiazole rings is 1. The fraction of sp³-hybridized carbons (Fsp3) is 0.438.